The zero-order valence-corrected chi connectivity index (χ0v) is 11.0. The Balaban J connectivity index is 1.90. The monoisotopic (exact) mass is 285 g/mol. The number of aliphatic carboxylic acids is 1. The highest BCUT2D eigenvalue weighted by molar-refractivity contribution is 8.04. The van der Waals surface area contributed by atoms with Crippen LogP contribution in [0, 0.1) is 0 Å². The fraction of sp³-hybridized carbons (Fsp3) is 0.545. The summed E-state index contributed by atoms with van der Waals surface area (Å²) in [5.41, 5.74) is 5.26. The Kier molecular flexibility index (Phi) is 4.11. The zero-order valence-electron chi connectivity index (χ0n) is 10.2. The van der Waals surface area contributed by atoms with Gasteiger partial charge in [0.1, 0.15) is 5.70 Å². The number of nitrogens with one attached hydrogen (secondary N) is 1. The van der Waals surface area contributed by atoms with Crippen LogP contribution < -0.4 is 11.1 Å². The van der Waals surface area contributed by atoms with Crippen molar-refractivity contribution >= 4 is 29.5 Å². The van der Waals surface area contributed by atoms with Gasteiger partial charge in [-0.05, 0) is 12.8 Å². The van der Waals surface area contributed by atoms with Gasteiger partial charge in [-0.15, -0.1) is 11.8 Å². The molecule has 2 amide bonds. The van der Waals surface area contributed by atoms with Gasteiger partial charge in [0.2, 0.25) is 11.8 Å². The molecule has 0 radical (unpaired) electrons. The second kappa shape index (κ2) is 5.62. The molecule has 2 heterocycles. The molecule has 0 unspecified atom stereocenters. The number of carboxylic acid groups (broad SMARTS) is 1. The number of carboxylic acids is 1. The van der Waals surface area contributed by atoms with Gasteiger partial charge >= 0.3 is 5.97 Å². The molecule has 7 nitrogen and oxygen atoms in total. The van der Waals surface area contributed by atoms with E-state index in [2.05, 4.69) is 5.32 Å². The number of β-lactam (4-membered cyclic amide) rings is 1. The number of allylic oxidation sites excluding steroid dienone is 1. The van der Waals surface area contributed by atoms with Gasteiger partial charge in [0.15, 0.2) is 0 Å². The Morgan fingerprint density at radius 2 is 2.26 bits per heavy atom. The van der Waals surface area contributed by atoms with Crippen LogP contribution in [0.5, 0.6) is 0 Å². The molecule has 0 spiro atoms. The highest BCUT2D eigenvalue weighted by Crippen LogP contribution is 2.47. The van der Waals surface area contributed by atoms with Crippen molar-refractivity contribution in [1.29, 1.82) is 0 Å². The minimum Gasteiger partial charge on any atom is -0.477 e. The fourth-order valence-electron chi connectivity index (χ4n) is 2.05. The first-order chi connectivity index (χ1) is 9.04. The summed E-state index contributed by atoms with van der Waals surface area (Å²) in [6, 6.07) is 0. The van der Waals surface area contributed by atoms with Crippen molar-refractivity contribution in [1.82, 2.24) is 10.2 Å². The van der Waals surface area contributed by atoms with Crippen LogP contribution in [0.25, 0.3) is 0 Å². The molecule has 8 heteroatoms. The third kappa shape index (κ3) is 2.74. The van der Waals surface area contributed by atoms with E-state index in [1.165, 1.54) is 16.7 Å². The van der Waals surface area contributed by atoms with Gasteiger partial charge < -0.3 is 16.2 Å². The van der Waals surface area contributed by atoms with E-state index in [9.17, 15) is 14.4 Å². The van der Waals surface area contributed by atoms with Gasteiger partial charge in [0, 0.05) is 11.4 Å². The summed E-state index contributed by atoms with van der Waals surface area (Å²) in [5.74, 6) is -1.43. The number of hydrogen-bond acceptors (Lipinski definition) is 5. The van der Waals surface area contributed by atoms with Crippen LogP contribution in [-0.2, 0) is 14.4 Å². The molecule has 0 aromatic heterocycles. The Labute approximate surface area is 114 Å². The Bertz CT molecular complexity index is 463. The van der Waals surface area contributed by atoms with Crippen molar-refractivity contribution in [2.24, 2.45) is 5.73 Å². The Morgan fingerprint density at radius 3 is 2.84 bits per heavy atom. The predicted molar refractivity (Wildman–Crippen MR) is 68.8 cm³/mol. The molecule has 104 valence electrons. The molecule has 0 saturated carbocycles. The molecule has 2 rings (SSSR count). The quantitative estimate of drug-likeness (QED) is 0.445. The van der Waals surface area contributed by atoms with Crippen LogP contribution in [0.3, 0.4) is 0 Å². The largest absolute Gasteiger partial charge is 0.477 e. The summed E-state index contributed by atoms with van der Waals surface area (Å²) >= 11 is 1.43. The number of carbonyl (C=O) groups excluding carboxylic acids is 2. The van der Waals surface area contributed by atoms with E-state index < -0.39 is 5.97 Å². The molecule has 1 fully saturated rings. The fourth-order valence-corrected chi connectivity index (χ4v) is 3.50. The van der Waals surface area contributed by atoms with Crippen LogP contribution in [0.1, 0.15) is 19.3 Å². The molecular formula is C11H15N3O4S. The minimum atomic E-state index is -1.07. The molecular weight excluding hydrogens is 270 g/mol. The lowest BCUT2D eigenvalue weighted by molar-refractivity contribution is -0.145. The van der Waals surface area contributed by atoms with Crippen LogP contribution in [0.4, 0.5) is 0 Å². The van der Waals surface area contributed by atoms with Crippen LogP contribution in [0.15, 0.2) is 10.6 Å². The summed E-state index contributed by atoms with van der Waals surface area (Å²) in [5, 5.41) is 11.7. The van der Waals surface area contributed by atoms with E-state index >= 15 is 0 Å². The molecule has 19 heavy (non-hydrogen) atoms. The average Bonchev–Trinajstić information content (AvgIpc) is 2.67. The number of nitrogens with two attached hydrogens (primary N) is 1. The summed E-state index contributed by atoms with van der Waals surface area (Å²) in [6.45, 7) is 0.397. The maximum Gasteiger partial charge on any atom is 0.353 e. The van der Waals surface area contributed by atoms with Crippen molar-refractivity contribution < 1.29 is 19.5 Å². The maximum absolute atomic E-state index is 11.4. The maximum atomic E-state index is 11.4. The second-order valence-corrected chi connectivity index (χ2v) is 5.55. The first kappa shape index (κ1) is 13.9. The molecule has 0 bridgehead atoms. The number of carbonyl (C=O) groups is 3. The van der Waals surface area contributed by atoms with Crippen LogP contribution >= 0.6 is 11.8 Å². The lowest BCUT2D eigenvalue weighted by Crippen LogP contribution is -2.48. The van der Waals surface area contributed by atoms with Crippen molar-refractivity contribution in [3.63, 3.8) is 0 Å². The lowest BCUT2D eigenvalue weighted by Gasteiger charge is -2.33. The van der Waals surface area contributed by atoms with Gasteiger partial charge in [-0.2, -0.15) is 0 Å². The predicted octanol–water partition coefficient (Wildman–Crippen LogP) is -0.557. The number of hydrogen-bond donors (Lipinski definition) is 3. The third-order valence-corrected chi connectivity index (χ3v) is 4.31. The van der Waals surface area contributed by atoms with Gasteiger partial charge in [-0.1, -0.05) is 0 Å². The second-order valence-electron chi connectivity index (χ2n) is 4.27. The molecule has 0 aromatic rings. The van der Waals surface area contributed by atoms with E-state index in [0.29, 0.717) is 30.7 Å². The Hall–Kier alpha value is -1.54. The third-order valence-electron chi connectivity index (χ3n) is 2.98. The highest BCUT2D eigenvalue weighted by Gasteiger charge is 2.47. The lowest BCUT2D eigenvalue weighted by atomic mass is 10.1. The van der Waals surface area contributed by atoms with Crippen molar-refractivity contribution in [3.05, 3.63) is 10.6 Å². The molecule has 4 N–H and O–H groups in total. The zero-order chi connectivity index (χ0) is 14.0. The normalized spacial score (nSPS) is 21.2. The van der Waals surface area contributed by atoms with Gasteiger partial charge in [-0.3, -0.25) is 14.5 Å². The number of rotatable bonds is 6. The SMILES string of the molecule is NCC(=O)NCCCC1=C(C(=O)O)N2C(=O)C[C@@H]2S1. The molecule has 1 saturated heterocycles. The van der Waals surface area contributed by atoms with E-state index in [4.69, 9.17) is 10.8 Å². The van der Waals surface area contributed by atoms with Gasteiger partial charge in [0.25, 0.3) is 0 Å². The smallest absolute Gasteiger partial charge is 0.353 e. The van der Waals surface area contributed by atoms with Crippen molar-refractivity contribution in [3.8, 4) is 0 Å². The number of fused-ring (bicyclic) bond motifs is 1. The summed E-state index contributed by atoms with van der Waals surface area (Å²) < 4.78 is 0. The number of thioether (sulfide) groups is 1. The number of nitrogens with zero attached hydrogens (tertiary/aromatic N) is 1. The van der Waals surface area contributed by atoms with Crippen LogP contribution in [-0.4, -0.2) is 46.3 Å². The van der Waals surface area contributed by atoms with Crippen molar-refractivity contribution in [2.45, 2.75) is 24.6 Å². The van der Waals surface area contributed by atoms with Crippen molar-refractivity contribution in [2.75, 3.05) is 13.1 Å². The number of amides is 2. The molecule has 1 atom stereocenters. The van der Waals surface area contributed by atoms with Crippen LogP contribution in [0.2, 0.25) is 0 Å². The summed E-state index contributed by atoms with van der Waals surface area (Å²) in [6.07, 6.45) is 1.56. The topological polar surface area (TPSA) is 113 Å². The Morgan fingerprint density at radius 1 is 1.53 bits per heavy atom. The molecule has 2 aliphatic heterocycles. The van der Waals surface area contributed by atoms with E-state index in [0.717, 1.165) is 0 Å². The van der Waals surface area contributed by atoms with Gasteiger partial charge in [-0.25, -0.2) is 4.79 Å². The summed E-state index contributed by atoms with van der Waals surface area (Å²) in [7, 11) is 0. The molecule has 2 aliphatic rings. The van der Waals surface area contributed by atoms with E-state index in [-0.39, 0.29) is 29.4 Å². The highest BCUT2D eigenvalue weighted by atomic mass is 32.2. The average molecular weight is 285 g/mol. The van der Waals surface area contributed by atoms with E-state index in [1.807, 2.05) is 0 Å². The molecule has 0 aliphatic carbocycles. The first-order valence-electron chi connectivity index (χ1n) is 5.96. The summed E-state index contributed by atoms with van der Waals surface area (Å²) in [4.78, 5) is 35.6. The van der Waals surface area contributed by atoms with E-state index in [1.54, 1.807) is 0 Å². The van der Waals surface area contributed by atoms with Gasteiger partial charge in [0.05, 0.1) is 18.3 Å². The standard InChI is InChI=1S/C11H15N3O4S/c12-5-7(15)13-3-1-2-6-10(11(17)18)14-8(16)4-9(14)19-6/h9H,1-5,12H2,(H,13,15)(H,17,18)/t9-/m0/s1. The first-order valence-corrected chi connectivity index (χ1v) is 6.84. The minimum absolute atomic E-state index is 0.0489. The molecule has 0 aromatic carbocycles.